The zero-order valence-corrected chi connectivity index (χ0v) is 20.9. The van der Waals surface area contributed by atoms with E-state index in [0.29, 0.717) is 6.42 Å². The van der Waals surface area contributed by atoms with Gasteiger partial charge >= 0.3 is 0 Å². The molecule has 0 radical (unpaired) electrons. The number of carbonyl (C=O) groups excluding carboxylic acids is 1. The summed E-state index contributed by atoms with van der Waals surface area (Å²) in [6, 6.07) is 0. The Morgan fingerprint density at radius 3 is 1.42 bits per heavy atom. The highest BCUT2D eigenvalue weighted by atomic mass is 28.4. The summed E-state index contributed by atoms with van der Waals surface area (Å²) in [6.45, 7) is 13.8. The lowest BCUT2D eigenvalue weighted by atomic mass is 10.0. The summed E-state index contributed by atoms with van der Waals surface area (Å²) in [6.07, 6.45) is 18.1. The SMILES string of the molecule is CCCCCCCCCCCCCCCC(=O)O[Si](C)(C)C[Si](C)(C)C. The molecule has 0 aromatic heterocycles. The molecule has 0 aliphatic carbocycles. The standard InChI is InChI=1S/C22H48O2Si2/c1-7-8-9-10-11-12-13-14-15-16-17-18-19-20-22(23)24-26(5,6)21-25(2,3)4/h7-21H2,1-6H3. The largest absolute Gasteiger partial charge is 0.520 e. The molecule has 0 rings (SSSR count). The number of rotatable bonds is 17. The van der Waals surface area contributed by atoms with Crippen LogP contribution in [0.3, 0.4) is 0 Å². The first-order chi connectivity index (χ1) is 12.2. The lowest BCUT2D eigenvalue weighted by Crippen LogP contribution is -2.41. The molecule has 0 spiro atoms. The van der Waals surface area contributed by atoms with Crippen LogP contribution in [0.2, 0.25) is 38.4 Å². The lowest BCUT2D eigenvalue weighted by Gasteiger charge is -2.28. The second-order valence-corrected chi connectivity index (χ2v) is 20.2. The average molecular weight is 401 g/mol. The van der Waals surface area contributed by atoms with Crippen LogP contribution in [0.5, 0.6) is 0 Å². The Morgan fingerprint density at radius 2 is 1.04 bits per heavy atom. The van der Waals surface area contributed by atoms with E-state index in [9.17, 15) is 4.79 Å². The Labute approximate surface area is 167 Å². The summed E-state index contributed by atoms with van der Waals surface area (Å²) in [7, 11) is -2.94. The average Bonchev–Trinajstić information content (AvgIpc) is 2.48. The molecule has 0 saturated carbocycles. The van der Waals surface area contributed by atoms with Crippen LogP contribution >= 0.6 is 0 Å². The molecule has 0 aromatic rings. The fourth-order valence-corrected chi connectivity index (χ4v) is 15.2. The molecule has 26 heavy (non-hydrogen) atoms. The van der Waals surface area contributed by atoms with Crippen molar-refractivity contribution in [3.63, 3.8) is 0 Å². The van der Waals surface area contributed by atoms with Crippen LogP contribution in [0, 0.1) is 0 Å². The quantitative estimate of drug-likeness (QED) is 0.182. The van der Waals surface area contributed by atoms with Crippen molar-refractivity contribution in [2.75, 3.05) is 0 Å². The van der Waals surface area contributed by atoms with Crippen molar-refractivity contribution >= 4 is 22.4 Å². The maximum Gasteiger partial charge on any atom is 0.292 e. The summed E-state index contributed by atoms with van der Waals surface area (Å²) >= 11 is 0. The Hall–Kier alpha value is -0.0962. The van der Waals surface area contributed by atoms with E-state index in [1.165, 1.54) is 82.7 Å². The Balaban J connectivity index is 3.46. The van der Waals surface area contributed by atoms with Gasteiger partial charge in [-0.15, -0.1) is 0 Å². The summed E-state index contributed by atoms with van der Waals surface area (Å²) in [5.41, 5.74) is 1.17. The van der Waals surface area contributed by atoms with Gasteiger partial charge in [-0.25, -0.2) is 0 Å². The van der Waals surface area contributed by atoms with E-state index >= 15 is 0 Å². The predicted octanol–water partition coefficient (Wildman–Crippen LogP) is 8.09. The molecule has 0 saturated heterocycles. The number of carbonyl (C=O) groups is 1. The predicted molar refractivity (Wildman–Crippen MR) is 122 cm³/mol. The van der Waals surface area contributed by atoms with E-state index in [0.717, 1.165) is 6.42 Å². The molecule has 0 amide bonds. The first-order valence-electron chi connectivity index (χ1n) is 11.4. The molecule has 0 atom stereocenters. The number of hydrogen-bond acceptors (Lipinski definition) is 2. The van der Waals surface area contributed by atoms with Crippen LogP contribution in [-0.4, -0.2) is 22.4 Å². The lowest BCUT2D eigenvalue weighted by molar-refractivity contribution is -0.135. The molecule has 0 bridgehead atoms. The van der Waals surface area contributed by atoms with E-state index in [-0.39, 0.29) is 5.97 Å². The van der Waals surface area contributed by atoms with Gasteiger partial charge in [0.1, 0.15) is 0 Å². The van der Waals surface area contributed by atoms with Crippen LogP contribution in [0.4, 0.5) is 0 Å². The van der Waals surface area contributed by atoms with Crippen LogP contribution in [0.15, 0.2) is 0 Å². The molecule has 0 heterocycles. The van der Waals surface area contributed by atoms with Crippen molar-refractivity contribution in [3.8, 4) is 0 Å². The van der Waals surface area contributed by atoms with Gasteiger partial charge in [-0.3, -0.25) is 4.79 Å². The summed E-state index contributed by atoms with van der Waals surface area (Å²) in [5, 5.41) is 0. The minimum atomic E-state index is -1.79. The van der Waals surface area contributed by atoms with E-state index in [1.807, 2.05) is 0 Å². The van der Waals surface area contributed by atoms with Crippen molar-refractivity contribution in [2.45, 2.75) is 135 Å². The van der Waals surface area contributed by atoms with Crippen molar-refractivity contribution in [2.24, 2.45) is 0 Å². The summed E-state index contributed by atoms with van der Waals surface area (Å²) in [4.78, 5) is 12.1. The highest BCUT2D eigenvalue weighted by Crippen LogP contribution is 2.21. The molecule has 0 aliphatic rings. The van der Waals surface area contributed by atoms with Crippen LogP contribution < -0.4 is 0 Å². The molecular formula is C22H48O2Si2. The van der Waals surface area contributed by atoms with Gasteiger partial charge in [0.15, 0.2) is 0 Å². The fraction of sp³-hybridized carbons (Fsp3) is 0.955. The maximum atomic E-state index is 12.1. The van der Waals surface area contributed by atoms with Gasteiger partial charge in [-0.05, 0) is 25.2 Å². The Bertz CT molecular complexity index is 349. The third-order valence-electron chi connectivity index (χ3n) is 4.83. The van der Waals surface area contributed by atoms with Crippen LogP contribution in [-0.2, 0) is 9.22 Å². The smallest absolute Gasteiger partial charge is 0.292 e. The second kappa shape index (κ2) is 14.9. The molecule has 2 nitrogen and oxygen atoms in total. The van der Waals surface area contributed by atoms with E-state index < -0.39 is 16.4 Å². The molecular weight excluding hydrogens is 352 g/mol. The molecule has 0 aliphatic heterocycles. The minimum Gasteiger partial charge on any atom is -0.520 e. The molecule has 0 fully saturated rings. The van der Waals surface area contributed by atoms with E-state index in [4.69, 9.17) is 4.43 Å². The Kier molecular flexibility index (Phi) is 14.8. The summed E-state index contributed by atoms with van der Waals surface area (Å²) in [5.74, 6) is 0.0583. The van der Waals surface area contributed by atoms with Gasteiger partial charge in [0, 0.05) is 14.5 Å². The first kappa shape index (κ1) is 25.9. The van der Waals surface area contributed by atoms with Crippen LogP contribution in [0.25, 0.3) is 0 Å². The maximum absolute atomic E-state index is 12.1. The zero-order valence-electron chi connectivity index (χ0n) is 18.9. The minimum absolute atomic E-state index is 0.0583. The van der Waals surface area contributed by atoms with Gasteiger partial charge in [-0.2, -0.15) is 0 Å². The molecule has 4 heteroatoms. The van der Waals surface area contributed by atoms with Gasteiger partial charge in [-0.1, -0.05) is 104 Å². The van der Waals surface area contributed by atoms with Gasteiger partial charge < -0.3 is 4.43 Å². The highest BCUT2D eigenvalue weighted by Gasteiger charge is 2.33. The Morgan fingerprint density at radius 1 is 0.654 bits per heavy atom. The number of unbranched alkanes of at least 4 members (excludes halogenated alkanes) is 12. The fourth-order valence-electron chi connectivity index (χ4n) is 3.96. The van der Waals surface area contributed by atoms with Crippen LogP contribution in [0.1, 0.15) is 96.8 Å². The van der Waals surface area contributed by atoms with E-state index in [1.54, 1.807) is 0 Å². The topological polar surface area (TPSA) is 26.3 Å². The third kappa shape index (κ3) is 18.7. The van der Waals surface area contributed by atoms with Gasteiger partial charge in [0.2, 0.25) is 8.32 Å². The second-order valence-electron chi connectivity index (χ2n) is 9.96. The van der Waals surface area contributed by atoms with Crippen molar-refractivity contribution in [1.29, 1.82) is 0 Å². The molecule has 0 aromatic carbocycles. The van der Waals surface area contributed by atoms with Crippen molar-refractivity contribution in [3.05, 3.63) is 0 Å². The molecule has 0 N–H and O–H groups in total. The normalized spacial score (nSPS) is 12.4. The third-order valence-corrected chi connectivity index (χ3v) is 13.3. The highest BCUT2D eigenvalue weighted by molar-refractivity contribution is 6.92. The summed E-state index contributed by atoms with van der Waals surface area (Å²) < 4.78 is 5.86. The first-order valence-corrected chi connectivity index (χ1v) is 18.2. The molecule has 156 valence electrons. The molecule has 0 unspecified atom stereocenters. The van der Waals surface area contributed by atoms with Crippen molar-refractivity contribution in [1.82, 2.24) is 0 Å². The van der Waals surface area contributed by atoms with Crippen molar-refractivity contribution < 1.29 is 9.22 Å². The van der Waals surface area contributed by atoms with E-state index in [2.05, 4.69) is 39.7 Å². The zero-order chi connectivity index (χ0) is 19.9. The monoisotopic (exact) mass is 400 g/mol. The van der Waals surface area contributed by atoms with Gasteiger partial charge in [0.05, 0.1) is 0 Å². The van der Waals surface area contributed by atoms with Gasteiger partial charge in [0.25, 0.3) is 5.97 Å². The number of hydrogen-bond donors (Lipinski definition) is 0.